The molecule has 0 aliphatic carbocycles. The Kier molecular flexibility index (Phi) is 3.45. The van der Waals surface area contributed by atoms with E-state index >= 15 is 0 Å². The second-order valence-electron chi connectivity index (χ2n) is 3.31. The number of hydrogen-bond acceptors (Lipinski definition) is 6. The Morgan fingerprint density at radius 3 is 3.07 bits per heavy atom. The lowest BCUT2D eigenvalue weighted by Crippen LogP contribution is -2.25. The highest BCUT2D eigenvalue weighted by Crippen LogP contribution is 2.20. The van der Waals surface area contributed by atoms with Gasteiger partial charge in [-0.05, 0) is 6.42 Å². The van der Waals surface area contributed by atoms with Gasteiger partial charge in [0.05, 0.1) is 12.7 Å². The van der Waals surface area contributed by atoms with Crippen molar-refractivity contribution in [1.29, 1.82) is 0 Å². The van der Waals surface area contributed by atoms with Gasteiger partial charge < -0.3 is 15.2 Å². The van der Waals surface area contributed by atoms with Crippen LogP contribution in [0.4, 0.5) is 5.95 Å². The summed E-state index contributed by atoms with van der Waals surface area (Å²) in [6, 6.07) is 0. The van der Waals surface area contributed by atoms with Crippen molar-refractivity contribution in [3.05, 3.63) is 0 Å². The minimum absolute atomic E-state index is 0.238. The first-order valence-electron chi connectivity index (χ1n) is 4.74. The van der Waals surface area contributed by atoms with Crippen LogP contribution >= 0.6 is 11.8 Å². The summed E-state index contributed by atoms with van der Waals surface area (Å²) in [6.45, 7) is 1.17. The number of rotatable bonds is 3. The van der Waals surface area contributed by atoms with Crippen molar-refractivity contribution in [2.24, 2.45) is 7.05 Å². The third-order valence-corrected chi connectivity index (χ3v) is 3.39. The normalized spacial score (nSPS) is 21.8. The van der Waals surface area contributed by atoms with Crippen molar-refractivity contribution in [2.75, 3.05) is 24.9 Å². The van der Waals surface area contributed by atoms with E-state index in [1.807, 2.05) is 7.05 Å². The molecule has 1 fully saturated rings. The number of thioether (sulfide) groups is 1. The Bertz CT molecular complexity index is 324. The van der Waals surface area contributed by atoms with Crippen LogP contribution in [0.5, 0.6) is 0 Å². The zero-order chi connectivity index (χ0) is 10.7. The van der Waals surface area contributed by atoms with E-state index in [1.54, 1.807) is 16.3 Å². The van der Waals surface area contributed by atoms with Crippen LogP contribution in [0.1, 0.15) is 6.42 Å². The summed E-state index contributed by atoms with van der Waals surface area (Å²) in [7, 11) is 1.85. The SMILES string of the molecule is Cn1c(N)nnc1SCC1CCOCO1. The molecule has 2 heterocycles. The first kappa shape index (κ1) is 10.7. The number of aromatic nitrogens is 3. The lowest BCUT2D eigenvalue weighted by atomic mass is 10.3. The van der Waals surface area contributed by atoms with Gasteiger partial charge in [-0.15, -0.1) is 10.2 Å². The van der Waals surface area contributed by atoms with E-state index in [0.29, 0.717) is 12.7 Å². The average molecular weight is 230 g/mol. The zero-order valence-corrected chi connectivity index (χ0v) is 9.37. The van der Waals surface area contributed by atoms with E-state index in [1.165, 1.54) is 0 Å². The molecule has 0 amide bonds. The number of nitrogen functional groups attached to an aromatic ring is 1. The van der Waals surface area contributed by atoms with Crippen molar-refractivity contribution in [1.82, 2.24) is 14.8 Å². The van der Waals surface area contributed by atoms with Crippen LogP contribution in [-0.4, -0.2) is 40.0 Å². The molecule has 1 aromatic rings. The Labute approximate surface area is 92.1 Å². The van der Waals surface area contributed by atoms with Gasteiger partial charge in [0.15, 0.2) is 5.16 Å². The van der Waals surface area contributed by atoms with Gasteiger partial charge in [0.2, 0.25) is 5.95 Å². The van der Waals surface area contributed by atoms with E-state index in [-0.39, 0.29) is 6.10 Å². The van der Waals surface area contributed by atoms with Crippen LogP contribution < -0.4 is 5.73 Å². The van der Waals surface area contributed by atoms with Crippen LogP contribution in [0.2, 0.25) is 0 Å². The van der Waals surface area contributed by atoms with Crippen LogP contribution in [0.15, 0.2) is 5.16 Å². The molecule has 6 nitrogen and oxygen atoms in total. The van der Waals surface area contributed by atoms with Crippen molar-refractivity contribution >= 4 is 17.7 Å². The molecule has 7 heteroatoms. The molecular weight excluding hydrogens is 216 g/mol. The summed E-state index contributed by atoms with van der Waals surface area (Å²) in [4.78, 5) is 0. The molecule has 0 bridgehead atoms. The summed E-state index contributed by atoms with van der Waals surface area (Å²) in [6.07, 6.45) is 1.17. The molecule has 84 valence electrons. The van der Waals surface area contributed by atoms with Crippen molar-refractivity contribution in [2.45, 2.75) is 17.7 Å². The van der Waals surface area contributed by atoms with E-state index in [0.717, 1.165) is 23.9 Å². The third kappa shape index (κ3) is 2.61. The molecule has 1 aliphatic rings. The van der Waals surface area contributed by atoms with Crippen molar-refractivity contribution in [3.63, 3.8) is 0 Å². The first-order valence-corrected chi connectivity index (χ1v) is 5.73. The van der Waals surface area contributed by atoms with Crippen LogP contribution in [0.25, 0.3) is 0 Å². The first-order chi connectivity index (χ1) is 7.27. The smallest absolute Gasteiger partial charge is 0.222 e. The minimum Gasteiger partial charge on any atom is -0.368 e. The summed E-state index contributed by atoms with van der Waals surface area (Å²) < 4.78 is 12.3. The molecule has 1 atom stereocenters. The maximum Gasteiger partial charge on any atom is 0.222 e. The second-order valence-corrected chi connectivity index (χ2v) is 4.30. The average Bonchev–Trinajstić information content (AvgIpc) is 2.59. The van der Waals surface area contributed by atoms with Gasteiger partial charge in [0, 0.05) is 12.8 Å². The summed E-state index contributed by atoms with van der Waals surface area (Å²) in [5.74, 6) is 1.29. The number of nitrogens with zero attached hydrogens (tertiary/aromatic N) is 3. The van der Waals surface area contributed by atoms with Gasteiger partial charge >= 0.3 is 0 Å². The molecule has 2 rings (SSSR count). The summed E-state index contributed by atoms with van der Waals surface area (Å²) in [5.41, 5.74) is 5.57. The molecule has 0 spiro atoms. The molecule has 0 aromatic carbocycles. The van der Waals surface area contributed by atoms with E-state index in [9.17, 15) is 0 Å². The molecule has 1 saturated heterocycles. The van der Waals surface area contributed by atoms with Crippen LogP contribution in [0.3, 0.4) is 0 Å². The van der Waals surface area contributed by atoms with Crippen molar-refractivity contribution < 1.29 is 9.47 Å². The Balaban J connectivity index is 1.84. The molecule has 15 heavy (non-hydrogen) atoms. The fourth-order valence-electron chi connectivity index (χ4n) is 1.25. The predicted molar refractivity (Wildman–Crippen MR) is 56.4 cm³/mol. The molecule has 0 saturated carbocycles. The van der Waals surface area contributed by atoms with E-state index in [2.05, 4.69) is 10.2 Å². The molecule has 1 aliphatic heterocycles. The highest BCUT2D eigenvalue weighted by atomic mass is 32.2. The molecule has 2 N–H and O–H groups in total. The lowest BCUT2D eigenvalue weighted by molar-refractivity contribution is -0.130. The highest BCUT2D eigenvalue weighted by Gasteiger charge is 2.16. The quantitative estimate of drug-likeness (QED) is 0.750. The second kappa shape index (κ2) is 4.82. The summed E-state index contributed by atoms with van der Waals surface area (Å²) in [5, 5.41) is 8.57. The Morgan fingerprint density at radius 1 is 1.60 bits per heavy atom. The molecule has 0 radical (unpaired) electrons. The maximum atomic E-state index is 5.57. The standard InChI is InChI=1S/C8H14N4O2S/c1-12-7(9)10-11-8(12)15-4-6-2-3-13-5-14-6/h6H,2-5H2,1H3,(H2,9,10). The van der Waals surface area contributed by atoms with E-state index in [4.69, 9.17) is 15.2 Å². The topological polar surface area (TPSA) is 75.2 Å². The molecule has 1 unspecified atom stereocenters. The largest absolute Gasteiger partial charge is 0.368 e. The van der Waals surface area contributed by atoms with Gasteiger partial charge in [0.1, 0.15) is 6.79 Å². The predicted octanol–water partition coefficient (Wildman–Crippen LogP) is 0.252. The van der Waals surface area contributed by atoms with E-state index < -0.39 is 0 Å². The van der Waals surface area contributed by atoms with Crippen LogP contribution in [0, 0.1) is 0 Å². The van der Waals surface area contributed by atoms with Gasteiger partial charge in [-0.2, -0.15) is 0 Å². The zero-order valence-electron chi connectivity index (χ0n) is 8.55. The van der Waals surface area contributed by atoms with Crippen molar-refractivity contribution in [3.8, 4) is 0 Å². The third-order valence-electron chi connectivity index (χ3n) is 2.24. The number of anilines is 1. The van der Waals surface area contributed by atoms with Crippen LogP contribution in [-0.2, 0) is 16.5 Å². The Morgan fingerprint density at radius 2 is 2.47 bits per heavy atom. The van der Waals surface area contributed by atoms with Gasteiger partial charge in [0.25, 0.3) is 0 Å². The number of nitrogens with two attached hydrogens (primary N) is 1. The maximum absolute atomic E-state index is 5.57. The number of ether oxygens (including phenoxy) is 2. The number of hydrogen-bond donors (Lipinski definition) is 1. The molecule has 1 aromatic heterocycles. The Hall–Kier alpha value is -0.790. The molecular formula is C8H14N4O2S. The fourth-order valence-corrected chi connectivity index (χ4v) is 2.24. The summed E-state index contributed by atoms with van der Waals surface area (Å²) >= 11 is 1.60. The lowest BCUT2D eigenvalue weighted by Gasteiger charge is -2.21. The fraction of sp³-hybridized carbons (Fsp3) is 0.750. The van der Waals surface area contributed by atoms with Gasteiger partial charge in [-0.3, -0.25) is 4.57 Å². The highest BCUT2D eigenvalue weighted by molar-refractivity contribution is 7.99. The van der Waals surface area contributed by atoms with Gasteiger partial charge in [-0.1, -0.05) is 11.8 Å². The minimum atomic E-state index is 0.238. The van der Waals surface area contributed by atoms with Gasteiger partial charge in [-0.25, -0.2) is 0 Å². The monoisotopic (exact) mass is 230 g/mol.